The van der Waals surface area contributed by atoms with Gasteiger partial charge in [-0.3, -0.25) is 0 Å². The van der Waals surface area contributed by atoms with Crippen molar-refractivity contribution in [1.29, 1.82) is 0 Å². The molecule has 6 heteroatoms. The summed E-state index contributed by atoms with van der Waals surface area (Å²) < 4.78 is 27.6. The van der Waals surface area contributed by atoms with Crippen LogP contribution in [-0.4, -0.2) is 44.9 Å². The molecular weight excluding hydrogens is 202 g/mol. The highest BCUT2D eigenvalue weighted by Gasteiger charge is 2.24. The van der Waals surface area contributed by atoms with E-state index in [-0.39, 0.29) is 6.04 Å². The Morgan fingerprint density at radius 1 is 1.43 bits per heavy atom. The normalized spacial score (nSPS) is 23.2. The monoisotopic (exact) mass is 221 g/mol. The first kappa shape index (κ1) is 11.9. The van der Waals surface area contributed by atoms with E-state index in [1.54, 1.807) is 0 Å². The predicted molar refractivity (Wildman–Crippen MR) is 56.3 cm³/mol. The van der Waals surface area contributed by atoms with E-state index in [9.17, 15) is 8.42 Å². The zero-order valence-electron chi connectivity index (χ0n) is 8.78. The van der Waals surface area contributed by atoms with Gasteiger partial charge >= 0.3 is 0 Å². The quantitative estimate of drug-likeness (QED) is 0.659. The van der Waals surface area contributed by atoms with Crippen LogP contribution in [0, 0.1) is 0 Å². The minimum Gasteiger partial charge on any atom is -0.315 e. The zero-order valence-corrected chi connectivity index (χ0v) is 9.60. The maximum atomic E-state index is 11.7. The number of nitrogens with one attached hydrogen (secondary N) is 2. The predicted octanol–water partition coefficient (Wildman–Crippen LogP) is -0.475. The number of rotatable bonds is 5. The zero-order chi connectivity index (χ0) is 10.6. The molecule has 0 radical (unpaired) electrons. The number of nitrogens with zero attached hydrogens (tertiary/aromatic N) is 1. The van der Waals surface area contributed by atoms with Gasteiger partial charge in [0.15, 0.2) is 0 Å². The van der Waals surface area contributed by atoms with Crippen LogP contribution in [0.15, 0.2) is 0 Å². The molecule has 1 saturated heterocycles. The van der Waals surface area contributed by atoms with E-state index in [4.69, 9.17) is 0 Å². The molecule has 1 aliphatic heterocycles. The van der Waals surface area contributed by atoms with Gasteiger partial charge in [0.25, 0.3) is 10.2 Å². The van der Waals surface area contributed by atoms with E-state index >= 15 is 0 Å². The van der Waals surface area contributed by atoms with Crippen LogP contribution >= 0.6 is 0 Å². The van der Waals surface area contributed by atoms with Crippen molar-refractivity contribution in [1.82, 2.24) is 14.3 Å². The summed E-state index contributed by atoms with van der Waals surface area (Å²) in [6, 6.07) is 0.0561. The van der Waals surface area contributed by atoms with Gasteiger partial charge in [-0.2, -0.15) is 17.4 Å². The van der Waals surface area contributed by atoms with Crippen LogP contribution in [-0.2, 0) is 10.2 Å². The summed E-state index contributed by atoms with van der Waals surface area (Å²) >= 11 is 0. The molecule has 0 aromatic rings. The van der Waals surface area contributed by atoms with Crippen molar-refractivity contribution in [2.24, 2.45) is 0 Å². The molecule has 1 heterocycles. The highest BCUT2D eigenvalue weighted by atomic mass is 32.2. The second-order valence-corrected chi connectivity index (χ2v) is 5.10. The summed E-state index contributed by atoms with van der Waals surface area (Å²) in [5, 5.41) is 3.12. The van der Waals surface area contributed by atoms with Crippen LogP contribution in [0.3, 0.4) is 0 Å². The van der Waals surface area contributed by atoms with E-state index in [1.165, 1.54) is 4.31 Å². The van der Waals surface area contributed by atoms with E-state index in [0.717, 1.165) is 19.5 Å². The van der Waals surface area contributed by atoms with Crippen LogP contribution < -0.4 is 10.0 Å². The number of hydrogen-bond donors (Lipinski definition) is 2. The van der Waals surface area contributed by atoms with Crippen molar-refractivity contribution in [2.75, 3.05) is 26.2 Å². The second-order valence-electron chi connectivity index (χ2n) is 3.40. The molecule has 1 rings (SSSR count). The van der Waals surface area contributed by atoms with Gasteiger partial charge in [0.1, 0.15) is 0 Å². The lowest BCUT2D eigenvalue weighted by Crippen LogP contribution is -2.45. The average Bonchev–Trinajstić information content (AvgIpc) is 2.57. The van der Waals surface area contributed by atoms with E-state index < -0.39 is 10.2 Å². The van der Waals surface area contributed by atoms with Gasteiger partial charge in [-0.25, -0.2) is 0 Å². The molecule has 84 valence electrons. The highest BCUT2D eigenvalue weighted by molar-refractivity contribution is 7.87. The molecule has 0 aromatic carbocycles. The van der Waals surface area contributed by atoms with E-state index in [1.807, 2.05) is 13.8 Å². The minimum atomic E-state index is -3.26. The molecular formula is C8H19N3O2S. The average molecular weight is 221 g/mol. The third kappa shape index (κ3) is 2.91. The standard InChI is InChI=1S/C8H19N3O2S/c1-3-11(4-2)14(12,13)10-8-5-6-9-7-8/h8-10H,3-7H2,1-2H3/t8-/m0/s1. The Bertz CT molecular complexity index is 256. The lowest BCUT2D eigenvalue weighted by atomic mass is 10.3. The van der Waals surface area contributed by atoms with Crippen molar-refractivity contribution >= 4 is 10.2 Å². The Kier molecular flexibility index (Phi) is 4.31. The molecule has 0 saturated carbocycles. The summed E-state index contributed by atoms with van der Waals surface area (Å²) in [5.41, 5.74) is 0. The SMILES string of the molecule is CCN(CC)S(=O)(=O)N[C@H]1CCNC1. The van der Waals surface area contributed by atoms with Gasteiger partial charge in [-0.05, 0) is 13.0 Å². The lowest BCUT2D eigenvalue weighted by molar-refractivity contribution is 0.427. The molecule has 0 aromatic heterocycles. The fourth-order valence-electron chi connectivity index (χ4n) is 1.60. The first-order valence-electron chi connectivity index (χ1n) is 5.08. The molecule has 2 N–H and O–H groups in total. The molecule has 0 aliphatic carbocycles. The van der Waals surface area contributed by atoms with Gasteiger partial charge in [0.2, 0.25) is 0 Å². The van der Waals surface area contributed by atoms with Crippen LogP contribution in [0.25, 0.3) is 0 Å². The Labute approximate surface area is 86.0 Å². The molecule has 0 unspecified atom stereocenters. The van der Waals surface area contributed by atoms with Crippen molar-refractivity contribution in [3.63, 3.8) is 0 Å². The van der Waals surface area contributed by atoms with Gasteiger partial charge in [0, 0.05) is 25.7 Å². The highest BCUT2D eigenvalue weighted by Crippen LogP contribution is 2.03. The van der Waals surface area contributed by atoms with Crippen molar-refractivity contribution in [3.8, 4) is 0 Å². The molecule has 1 fully saturated rings. The third-order valence-corrected chi connectivity index (χ3v) is 4.25. The Balaban J connectivity index is 2.55. The summed E-state index contributed by atoms with van der Waals surface area (Å²) in [6.45, 7) is 6.36. The first-order chi connectivity index (χ1) is 6.60. The van der Waals surface area contributed by atoms with Gasteiger partial charge < -0.3 is 5.32 Å². The van der Waals surface area contributed by atoms with Crippen LogP contribution in [0.2, 0.25) is 0 Å². The maximum Gasteiger partial charge on any atom is 0.279 e. The molecule has 14 heavy (non-hydrogen) atoms. The first-order valence-corrected chi connectivity index (χ1v) is 6.52. The fourth-order valence-corrected chi connectivity index (χ4v) is 3.06. The van der Waals surface area contributed by atoms with Crippen LogP contribution in [0.5, 0.6) is 0 Å². The van der Waals surface area contributed by atoms with Crippen LogP contribution in [0.4, 0.5) is 0 Å². The van der Waals surface area contributed by atoms with E-state index in [2.05, 4.69) is 10.0 Å². The summed E-state index contributed by atoms with van der Waals surface area (Å²) in [4.78, 5) is 0. The molecule has 5 nitrogen and oxygen atoms in total. The maximum absolute atomic E-state index is 11.7. The Morgan fingerprint density at radius 3 is 2.50 bits per heavy atom. The minimum absolute atomic E-state index is 0.0561. The smallest absolute Gasteiger partial charge is 0.279 e. The molecule has 0 amide bonds. The lowest BCUT2D eigenvalue weighted by Gasteiger charge is -2.21. The fraction of sp³-hybridized carbons (Fsp3) is 1.00. The molecule has 1 atom stereocenters. The van der Waals surface area contributed by atoms with Gasteiger partial charge in [-0.1, -0.05) is 13.8 Å². The van der Waals surface area contributed by atoms with Crippen LogP contribution in [0.1, 0.15) is 20.3 Å². The second kappa shape index (κ2) is 5.06. The summed E-state index contributed by atoms with van der Waals surface area (Å²) in [7, 11) is -3.26. The topological polar surface area (TPSA) is 61.4 Å². The largest absolute Gasteiger partial charge is 0.315 e. The van der Waals surface area contributed by atoms with Gasteiger partial charge in [0.05, 0.1) is 0 Å². The number of hydrogen-bond acceptors (Lipinski definition) is 3. The molecule has 1 aliphatic rings. The van der Waals surface area contributed by atoms with Gasteiger partial charge in [-0.15, -0.1) is 0 Å². The summed E-state index contributed by atoms with van der Waals surface area (Å²) in [6.07, 6.45) is 0.875. The Hall–Kier alpha value is -0.170. The molecule has 0 spiro atoms. The van der Waals surface area contributed by atoms with Crippen molar-refractivity contribution < 1.29 is 8.42 Å². The Morgan fingerprint density at radius 2 is 2.07 bits per heavy atom. The summed E-state index contributed by atoms with van der Waals surface area (Å²) in [5.74, 6) is 0. The third-order valence-electron chi connectivity index (χ3n) is 2.42. The van der Waals surface area contributed by atoms with Crippen molar-refractivity contribution in [3.05, 3.63) is 0 Å². The molecule has 0 bridgehead atoms. The van der Waals surface area contributed by atoms with Crippen molar-refractivity contribution in [2.45, 2.75) is 26.3 Å². The van der Waals surface area contributed by atoms with E-state index in [0.29, 0.717) is 13.1 Å².